The number of halogens is 1. The number of rotatable bonds is 5. The van der Waals surface area contributed by atoms with Gasteiger partial charge in [-0.05, 0) is 64.6 Å². The molecule has 0 N–H and O–H groups in total. The van der Waals surface area contributed by atoms with Gasteiger partial charge >= 0.3 is 0 Å². The van der Waals surface area contributed by atoms with E-state index in [9.17, 15) is 0 Å². The first kappa shape index (κ1) is 32.2. The number of nitrogens with zero attached hydrogens (tertiary/aromatic N) is 4. The summed E-state index contributed by atoms with van der Waals surface area (Å²) in [5.74, 6) is 0. The second-order valence-electron chi connectivity index (χ2n) is 14.0. The summed E-state index contributed by atoms with van der Waals surface area (Å²) < 4.78 is 7.05. The summed E-state index contributed by atoms with van der Waals surface area (Å²) in [7, 11) is 0. The number of para-hydroxylation sites is 4. The fourth-order valence-electron chi connectivity index (χ4n) is 7.35. The Labute approximate surface area is 304 Å². The molecule has 3 heterocycles. The molecule has 0 saturated carbocycles. The number of pyridine rings is 1. The lowest BCUT2D eigenvalue weighted by molar-refractivity contribution is -0.566. The first-order valence-electron chi connectivity index (χ1n) is 17.2. The normalized spacial score (nSPS) is 11.7. The van der Waals surface area contributed by atoms with E-state index in [1.54, 1.807) is 0 Å². The molecule has 0 radical (unpaired) electrons. The zero-order chi connectivity index (χ0) is 33.8. The van der Waals surface area contributed by atoms with E-state index in [2.05, 4.69) is 192 Å². The third kappa shape index (κ3) is 5.49. The molecule has 6 aromatic carbocycles. The zero-order valence-electron chi connectivity index (χ0n) is 28.8. The molecule has 0 spiro atoms. The van der Waals surface area contributed by atoms with E-state index in [4.69, 9.17) is 4.98 Å². The maximum atomic E-state index is 4.91. The zero-order valence-corrected chi connectivity index (χ0v) is 29.6. The van der Waals surface area contributed by atoms with E-state index in [0.717, 1.165) is 44.6 Å². The Morgan fingerprint density at radius 3 is 1.82 bits per heavy atom. The van der Waals surface area contributed by atoms with Gasteiger partial charge in [-0.25, -0.2) is 4.98 Å². The first-order chi connectivity index (χ1) is 24.5. The van der Waals surface area contributed by atoms with Crippen LogP contribution < -0.4 is 17.0 Å². The third-order valence-electron chi connectivity index (χ3n) is 9.82. The smallest absolute Gasteiger partial charge is 0.255 e. The SMILES string of the molecule is CC(C)(C)c1cc(-n2c[n+](-c3c(-c4ccccc4)cccc3-c3ccccc3)c3ccccc32)cc(-n2c3ccccc3c3cccnc32)c1.[Cl-]. The van der Waals surface area contributed by atoms with Crippen LogP contribution in [0.15, 0.2) is 170 Å². The standard InChI is InChI=1S/C46H37N4.ClH/c1-46(2,3)34-28-35(30-36(29-34)50-41-24-11-10-20-39(41)40-23-15-27-47-45(40)50)48-31-49(43-26-13-12-25-42(43)48)44-37(32-16-6-4-7-17-32)21-14-22-38(44)33-18-8-5-9-19-33;/h4-31H,1-3H3;1H/q+1;/p-1. The lowest BCUT2D eigenvalue weighted by Gasteiger charge is -2.21. The molecule has 0 unspecified atom stereocenters. The van der Waals surface area contributed by atoms with Crippen molar-refractivity contribution in [2.24, 2.45) is 0 Å². The average molecular weight is 681 g/mol. The molecule has 0 aliphatic heterocycles. The Bertz CT molecular complexity index is 2570. The molecule has 5 heteroatoms. The van der Waals surface area contributed by atoms with Crippen molar-refractivity contribution in [1.82, 2.24) is 14.1 Å². The van der Waals surface area contributed by atoms with E-state index in [-0.39, 0.29) is 17.8 Å². The second kappa shape index (κ2) is 12.7. The van der Waals surface area contributed by atoms with Crippen molar-refractivity contribution < 1.29 is 17.0 Å². The van der Waals surface area contributed by atoms with Crippen molar-refractivity contribution >= 4 is 33.0 Å². The Balaban J connectivity index is 0.00000374. The van der Waals surface area contributed by atoms with Gasteiger partial charge in [0.15, 0.2) is 11.0 Å². The Hall–Kier alpha value is -5.97. The third-order valence-corrected chi connectivity index (χ3v) is 9.82. The number of imidazole rings is 1. The quantitative estimate of drug-likeness (QED) is 0.169. The highest BCUT2D eigenvalue weighted by Gasteiger charge is 2.27. The maximum absolute atomic E-state index is 4.91. The molecule has 0 aliphatic carbocycles. The van der Waals surface area contributed by atoms with Crippen LogP contribution in [0.1, 0.15) is 26.3 Å². The van der Waals surface area contributed by atoms with Crippen LogP contribution in [0.5, 0.6) is 0 Å². The van der Waals surface area contributed by atoms with E-state index in [0.29, 0.717) is 0 Å². The molecule has 0 atom stereocenters. The summed E-state index contributed by atoms with van der Waals surface area (Å²) in [6.07, 6.45) is 4.16. The molecule has 9 rings (SSSR count). The summed E-state index contributed by atoms with van der Waals surface area (Å²) >= 11 is 0. The van der Waals surface area contributed by atoms with Crippen LogP contribution in [-0.4, -0.2) is 14.1 Å². The van der Waals surface area contributed by atoms with E-state index < -0.39 is 0 Å². The first-order valence-corrected chi connectivity index (χ1v) is 17.2. The highest BCUT2D eigenvalue weighted by atomic mass is 35.5. The van der Waals surface area contributed by atoms with E-state index in [1.807, 2.05) is 12.3 Å². The van der Waals surface area contributed by atoms with Crippen LogP contribution in [0.25, 0.3) is 72.3 Å². The summed E-state index contributed by atoms with van der Waals surface area (Å²) in [5, 5.41) is 2.36. The van der Waals surface area contributed by atoms with Gasteiger partial charge in [-0.15, -0.1) is 0 Å². The molecular formula is C46H37ClN4. The van der Waals surface area contributed by atoms with Crippen molar-refractivity contribution in [1.29, 1.82) is 0 Å². The Morgan fingerprint density at radius 1 is 0.549 bits per heavy atom. The lowest BCUT2D eigenvalue weighted by atomic mass is 9.86. The topological polar surface area (TPSA) is 26.6 Å². The number of benzene rings is 6. The molecule has 0 aliphatic rings. The molecule has 0 saturated heterocycles. The van der Waals surface area contributed by atoms with Crippen molar-refractivity contribution in [2.75, 3.05) is 0 Å². The summed E-state index contributed by atoms with van der Waals surface area (Å²) in [5.41, 5.74) is 13.6. The Morgan fingerprint density at radius 2 is 1.14 bits per heavy atom. The number of aromatic nitrogens is 4. The highest BCUT2D eigenvalue weighted by Crippen LogP contribution is 2.37. The monoisotopic (exact) mass is 680 g/mol. The van der Waals surface area contributed by atoms with Crippen LogP contribution in [0.3, 0.4) is 0 Å². The van der Waals surface area contributed by atoms with Gasteiger partial charge in [0.05, 0.1) is 11.2 Å². The molecular weight excluding hydrogens is 644 g/mol. The fraction of sp³-hybridized carbons (Fsp3) is 0.0870. The van der Waals surface area contributed by atoms with E-state index >= 15 is 0 Å². The van der Waals surface area contributed by atoms with Gasteiger partial charge in [-0.2, -0.15) is 9.13 Å². The summed E-state index contributed by atoms with van der Waals surface area (Å²) in [4.78, 5) is 4.91. The van der Waals surface area contributed by atoms with Crippen molar-refractivity contribution in [3.8, 4) is 39.3 Å². The minimum atomic E-state index is -0.0870. The van der Waals surface area contributed by atoms with Crippen LogP contribution >= 0.6 is 0 Å². The van der Waals surface area contributed by atoms with Crippen molar-refractivity contribution in [2.45, 2.75) is 26.2 Å². The Kier molecular flexibility index (Phi) is 8.05. The second-order valence-corrected chi connectivity index (χ2v) is 14.0. The van der Waals surface area contributed by atoms with Gasteiger partial charge in [-0.1, -0.05) is 130 Å². The van der Waals surface area contributed by atoms with Crippen LogP contribution in [0.2, 0.25) is 0 Å². The van der Waals surface area contributed by atoms with Crippen LogP contribution in [0.4, 0.5) is 0 Å². The van der Waals surface area contributed by atoms with Gasteiger partial charge in [0.2, 0.25) is 0 Å². The lowest BCUT2D eigenvalue weighted by Crippen LogP contribution is -3.00. The number of hydrogen-bond acceptors (Lipinski definition) is 1. The van der Waals surface area contributed by atoms with Gasteiger partial charge in [0.1, 0.15) is 17.0 Å². The minimum absolute atomic E-state index is 0. The molecule has 51 heavy (non-hydrogen) atoms. The minimum Gasteiger partial charge on any atom is -1.00 e. The van der Waals surface area contributed by atoms with Gasteiger partial charge in [0.25, 0.3) is 6.33 Å². The van der Waals surface area contributed by atoms with Gasteiger partial charge in [0, 0.05) is 34.2 Å². The molecule has 248 valence electrons. The number of fused-ring (bicyclic) bond motifs is 4. The fourth-order valence-corrected chi connectivity index (χ4v) is 7.35. The van der Waals surface area contributed by atoms with Crippen molar-refractivity contribution in [3.05, 3.63) is 176 Å². The average Bonchev–Trinajstić information content (AvgIpc) is 3.71. The van der Waals surface area contributed by atoms with Crippen molar-refractivity contribution in [3.63, 3.8) is 0 Å². The molecule has 4 nitrogen and oxygen atoms in total. The summed E-state index contributed by atoms with van der Waals surface area (Å²) in [6, 6.07) is 56.6. The molecule has 0 amide bonds. The summed E-state index contributed by atoms with van der Waals surface area (Å²) in [6.45, 7) is 6.86. The number of hydrogen-bond donors (Lipinski definition) is 0. The predicted octanol–water partition coefficient (Wildman–Crippen LogP) is 8.03. The van der Waals surface area contributed by atoms with Gasteiger partial charge < -0.3 is 12.4 Å². The maximum Gasteiger partial charge on any atom is 0.255 e. The molecule has 0 fully saturated rings. The molecule has 3 aromatic heterocycles. The van der Waals surface area contributed by atoms with Crippen LogP contribution in [-0.2, 0) is 5.41 Å². The van der Waals surface area contributed by atoms with E-state index in [1.165, 1.54) is 33.2 Å². The highest BCUT2D eigenvalue weighted by molar-refractivity contribution is 6.07. The molecule has 9 aromatic rings. The van der Waals surface area contributed by atoms with Gasteiger partial charge in [-0.3, -0.25) is 4.57 Å². The largest absolute Gasteiger partial charge is 1.00 e. The molecule has 0 bridgehead atoms. The predicted molar refractivity (Wildman–Crippen MR) is 207 cm³/mol. The van der Waals surface area contributed by atoms with Crippen LogP contribution in [0, 0.1) is 0 Å².